The Bertz CT molecular complexity index is 2300. The second-order valence-corrected chi connectivity index (χ2v) is 16.8. The van der Waals surface area contributed by atoms with Crippen molar-refractivity contribution >= 4 is 49.4 Å². The Hall–Kier alpha value is -3.86. The quantitative estimate of drug-likeness (QED) is 0.0842. The van der Waals surface area contributed by atoms with E-state index in [2.05, 4.69) is 101 Å². The number of ketones is 1. The van der Waals surface area contributed by atoms with Crippen molar-refractivity contribution in [2.45, 2.75) is 121 Å². The maximum atomic E-state index is 12.2. The molecule has 0 aliphatic rings. The van der Waals surface area contributed by atoms with Gasteiger partial charge in [-0.25, -0.2) is 0 Å². The molecule has 1 radical (unpaired) electrons. The Morgan fingerprint density at radius 1 is 0.815 bits per heavy atom. The Balaban J connectivity index is 0.000000309. The van der Waals surface area contributed by atoms with Crippen molar-refractivity contribution in [2.75, 3.05) is 0 Å². The minimum atomic E-state index is -0.337. The SMILES string of the molecule is CCC(C)(CC)C(=O)/C=C(\O)C(C)(CC)CC.Cc1nc(-c2[c-]c3ccccc3c(C(C)(C)C)c2)c2c(n1)oc1c3cccc(CC(C)C)c3ccc12.[Ir]. The normalized spacial score (nSPS) is 12.7. The number of carbonyl (C=O) groups excluding carboxylic acids is 1. The van der Waals surface area contributed by atoms with Crippen LogP contribution in [0.4, 0.5) is 0 Å². The van der Waals surface area contributed by atoms with Crippen molar-refractivity contribution in [1.82, 2.24) is 9.97 Å². The number of hydrogen-bond acceptors (Lipinski definition) is 5. The van der Waals surface area contributed by atoms with Crippen molar-refractivity contribution in [3.63, 3.8) is 0 Å². The summed E-state index contributed by atoms with van der Waals surface area (Å²) < 4.78 is 6.49. The van der Waals surface area contributed by atoms with Crippen LogP contribution in [0.15, 0.2) is 76.9 Å². The summed E-state index contributed by atoms with van der Waals surface area (Å²) in [6, 6.07) is 25.3. The third-order valence-electron chi connectivity index (χ3n) is 11.6. The van der Waals surface area contributed by atoms with Gasteiger partial charge in [0.2, 0.25) is 5.71 Å². The van der Waals surface area contributed by atoms with Crippen LogP contribution in [0.1, 0.15) is 119 Å². The van der Waals surface area contributed by atoms with Crippen LogP contribution in [0.25, 0.3) is 54.9 Å². The third-order valence-corrected chi connectivity index (χ3v) is 11.6. The number of allylic oxidation sites excluding steroid dienone is 2. The Morgan fingerprint density at radius 3 is 2.04 bits per heavy atom. The zero-order chi connectivity index (χ0) is 38.9. The number of aromatic nitrogens is 2. The Kier molecular flexibility index (Phi) is 13.4. The topological polar surface area (TPSA) is 76.2 Å². The van der Waals surface area contributed by atoms with Crippen LogP contribution in [0.5, 0.6) is 0 Å². The number of benzene rings is 4. The second kappa shape index (κ2) is 16.9. The van der Waals surface area contributed by atoms with Gasteiger partial charge in [-0.2, -0.15) is 4.98 Å². The van der Waals surface area contributed by atoms with Gasteiger partial charge in [0.1, 0.15) is 17.2 Å². The number of aliphatic hydroxyl groups excluding tert-OH is 1. The molecule has 0 amide bonds. The van der Waals surface area contributed by atoms with Crippen LogP contribution in [0, 0.1) is 29.7 Å². The summed E-state index contributed by atoms with van der Waals surface area (Å²) in [6.07, 6.45) is 5.79. The summed E-state index contributed by atoms with van der Waals surface area (Å²) in [5.41, 5.74) is 5.38. The van der Waals surface area contributed by atoms with E-state index in [1.165, 1.54) is 28.0 Å². The number of nitrogens with zero attached hydrogens (tertiary/aromatic N) is 2. The molecule has 5 nitrogen and oxygen atoms in total. The second-order valence-electron chi connectivity index (χ2n) is 16.8. The molecule has 6 aromatic rings. The fraction of sp³-hybridized carbons (Fsp3) is 0.438. The molecule has 0 bridgehead atoms. The zero-order valence-corrected chi connectivity index (χ0v) is 36.9. The molecule has 54 heavy (non-hydrogen) atoms. The van der Waals surface area contributed by atoms with Gasteiger partial charge in [0.15, 0.2) is 5.78 Å². The number of fused-ring (bicyclic) bond motifs is 6. The maximum absolute atomic E-state index is 12.2. The summed E-state index contributed by atoms with van der Waals surface area (Å²) in [7, 11) is 0. The predicted molar refractivity (Wildman–Crippen MR) is 224 cm³/mol. The number of aryl methyl sites for hydroxylation is 1. The van der Waals surface area contributed by atoms with Gasteiger partial charge in [-0.3, -0.25) is 9.78 Å². The molecule has 0 spiro atoms. The summed E-state index contributed by atoms with van der Waals surface area (Å²) >= 11 is 0. The minimum Gasteiger partial charge on any atom is -0.512 e. The standard InChI is InChI=1S/C33H31N2O.C15H28O2.Ir/c1-19(2)16-21-11-9-13-26-24(21)14-15-27-29-30(34-20(3)35-32(29)36-31(26)27)23-17-22-10-7-8-12-25(22)28(18-23)33(4,5)6;1-7-14(5,8-2)12(16)11-13(17)15(6,9-3)10-4;/h7-15,18-19H,16H2,1-6H3;11,16H,7-10H2,1-6H3;/q-1;;/b;12-11-;. The molecule has 0 saturated carbocycles. The molecule has 6 rings (SSSR count). The molecule has 1 N–H and O–H groups in total. The smallest absolute Gasteiger partial charge is 0.223 e. The average Bonchev–Trinajstić information content (AvgIpc) is 3.51. The van der Waals surface area contributed by atoms with Crippen LogP contribution < -0.4 is 0 Å². The molecule has 2 heterocycles. The third kappa shape index (κ3) is 8.51. The van der Waals surface area contributed by atoms with Crippen LogP contribution in [0.2, 0.25) is 0 Å². The van der Waals surface area contributed by atoms with Gasteiger partial charge >= 0.3 is 0 Å². The first-order valence-electron chi connectivity index (χ1n) is 19.5. The fourth-order valence-electron chi connectivity index (χ4n) is 7.14. The van der Waals surface area contributed by atoms with Crippen LogP contribution >= 0.6 is 0 Å². The fourth-order valence-corrected chi connectivity index (χ4v) is 7.14. The average molecular weight is 904 g/mol. The molecule has 0 aliphatic heterocycles. The molecule has 0 saturated heterocycles. The van der Waals surface area contributed by atoms with E-state index in [0.29, 0.717) is 17.5 Å². The van der Waals surface area contributed by atoms with Gasteiger partial charge in [-0.15, -0.1) is 29.1 Å². The van der Waals surface area contributed by atoms with E-state index in [-0.39, 0.29) is 47.9 Å². The summed E-state index contributed by atoms with van der Waals surface area (Å²) in [6.45, 7) is 25.3. The molecule has 0 fully saturated rings. The first-order valence-corrected chi connectivity index (χ1v) is 19.5. The summed E-state index contributed by atoms with van der Waals surface area (Å²) in [5.74, 6) is 1.57. The molecule has 0 atom stereocenters. The number of aliphatic hydroxyl groups is 1. The van der Waals surface area contributed by atoms with E-state index in [0.717, 1.165) is 70.5 Å². The summed E-state index contributed by atoms with van der Waals surface area (Å²) in [5, 5.41) is 16.8. The van der Waals surface area contributed by atoms with E-state index < -0.39 is 0 Å². The zero-order valence-electron chi connectivity index (χ0n) is 34.5. The first-order chi connectivity index (χ1) is 25.0. The van der Waals surface area contributed by atoms with Gasteiger partial charge < -0.3 is 9.52 Å². The number of furan rings is 1. The monoisotopic (exact) mass is 904 g/mol. The molecule has 6 heteroatoms. The van der Waals surface area contributed by atoms with Gasteiger partial charge in [0.25, 0.3) is 0 Å². The van der Waals surface area contributed by atoms with Gasteiger partial charge in [-0.05, 0) is 61.3 Å². The number of rotatable bonds is 10. The first kappa shape index (κ1) is 42.9. The van der Waals surface area contributed by atoms with E-state index >= 15 is 0 Å². The molecule has 4 aromatic carbocycles. The molecule has 0 aliphatic carbocycles. The Morgan fingerprint density at radius 2 is 1.43 bits per heavy atom. The molecule has 0 unspecified atom stereocenters. The van der Waals surface area contributed by atoms with Crippen molar-refractivity contribution in [2.24, 2.45) is 16.7 Å². The molecular formula is C48H59IrN2O3-. The van der Waals surface area contributed by atoms with Crippen molar-refractivity contribution in [1.29, 1.82) is 0 Å². The van der Waals surface area contributed by atoms with Gasteiger partial charge in [-0.1, -0.05) is 136 Å². The van der Waals surface area contributed by atoms with Crippen molar-refractivity contribution < 1.29 is 34.4 Å². The van der Waals surface area contributed by atoms with Gasteiger partial charge in [0.05, 0.1) is 0 Å². The number of hydrogen-bond donors (Lipinski definition) is 1. The van der Waals surface area contributed by atoms with Crippen LogP contribution in [0.3, 0.4) is 0 Å². The van der Waals surface area contributed by atoms with Crippen LogP contribution in [-0.2, 0) is 36.7 Å². The van der Waals surface area contributed by atoms with E-state index in [4.69, 9.17) is 14.4 Å². The van der Waals surface area contributed by atoms with Crippen molar-refractivity contribution in [3.05, 3.63) is 95.5 Å². The Labute approximate surface area is 336 Å². The summed E-state index contributed by atoms with van der Waals surface area (Å²) in [4.78, 5) is 21.9. The van der Waals surface area contributed by atoms with E-state index in [9.17, 15) is 9.90 Å². The largest absolute Gasteiger partial charge is 0.512 e. The van der Waals surface area contributed by atoms with Crippen molar-refractivity contribution in [3.8, 4) is 11.3 Å². The van der Waals surface area contributed by atoms with E-state index in [1.54, 1.807) is 0 Å². The van der Waals surface area contributed by atoms with Gasteiger partial charge in [0, 0.05) is 58.9 Å². The minimum absolute atomic E-state index is 0. The van der Waals surface area contributed by atoms with Crippen LogP contribution in [-0.4, -0.2) is 20.9 Å². The van der Waals surface area contributed by atoms with E-state index in [1.807, 2.05) is 48.5 Å². The molecule has 289 valence electrons. The molecule has 2 aromatic heterocycles. The predicted octanol–water partition coefficient (Wildman–Crippen LogP) is 13.6. The number of carbonyl (C=O) groups is 1. The molecular weight excluding hydrogens is 845 g/mol. The maximum Gasteiger partial charge on any atom is 0.223 e.